The number of hydrogen-bond acceptors (Lipinski definition) is 0. The molecule has 1 fully saturated rings. The Morgan fingerprint density at radius 3 is 1.85 bits per heavy atom. The second-order valence-corrected chi connectivity index (χ2v) is 25.4. The lowest BCUT2D eigenvalue weighted by Crippen LogP contribution is -2.15. The molecular weight excluding hydrogens is 1060 g/mol. The van der Waals surface area contributed by atoms with Crippen LogP contribution in [0.25, 0.3) is 44.2 Å². The summed E-state index contributed by atoms with van der Waals surface area (Å²) in [5, 5.41) is 2.71. The maximum absolute atomic E-state index is 5.78. The molecule has 454 valence electrons. The summed E-state index contributed by atoms with van der Waals surface area (Å²) in [7, 11) is 0. The smallest absolute Gasteiger partial charge is 0.0317 e. The van der Waals surface area contributed by atoms with Gasteiger partial charge in [0, 0.05) is 11.0 Å². The van der Waals surface area contributed by atoms with Crippen LogP contribution in [0.1, 0.15) is 191 Å². The number of terminal acetylenes is 1. The van der Waals surface area contributed by atoms with Crippen LogP contribution < -0.4 is 0 Å². The molecule has 0 nitrogen and oxygen atoms in total. The van der Waals surface area contributed by atoms with Crippen LogP contribution in [-0.4, -0.2) is 0 Å². The van der Waals surface area contributed by atoms with Crippen LogP contribution in [-0.2, 0) is 17.3 Å². The third-order valence-electron chi connectivity index (χ3n) is 17.0. The molecule has 88 heavy (non-hydrogen) atoms. The SMILES string of the molecule is C#CC(/C=C\C)=C(/C=C)c1ccc(Cc2ccc3c(c2)C(C)(C)c2cc(C)c4ccccc4c2-3)cc1C.C=C/C(=C(\CCC)C1CC1)c1ccc(C)cc1C.C=C/C=C(\C=C/C)c1cc(C)cc(C2=CCCC=C2)c1.CC.Cc1ccc(C(C)(C)C)cc1. The van der Waals surface area contributed by atoms with Crippen molar-refractivity contribution in [2.45, 2.75) is 167 Å². The van der Waals surface area contributed by atoms with Crippen molar-refractivity contribution in [1.29, 1.82) is 0 Å². The van der Waals surface area contributed by atoms with Crippen LogP contribution in [0.2, 0.25) is 0 Å². The zero-order chi connectivity index (χ0) is 64.3. The maximum Gasteiger partial charge on any atom is 0.0317 e. The van der Waals surface area contributed by atoms with Gasteiger partial charge in [0.15, 0.2) is 0 Å². The maximum atomic E-state index is 5.78. The van der Waals surface area contributed by atoms with Gasteiger partial charge in [-0.15, -0.1) is 6.42 Å². The molecule has 0 radical (unpaired) electrons. The first-order valence-electron chi connectivity index (χ1n) is 32.4. The van der Waals surface area contributed by atoms with E-state index in [0.29, 0.717) is 0 Å². The highest BCUT2D eigenvalue weighted by Crippen LogP contribution is 2.52. The van der Waals surface area contributed by atoms with Crippen molar-refractivity contribution < 1.29 is 0 Å². The zero-order valence-corrected chi connectivity index (χ0v) is 56.7. The van der Waals surface area contributed by atoms with E-state index in [0.717, 1.165) is 41.9 Å². The molecule has 0 spiro atoms. The van der Waals surface area contributed by atoms with Gasteiger partial charge < -0.3 is 0 Å². The highest BCUT2D eigenvalue weighted by Gasteiger charge is 2.37. The summed E-state index contributed by atoms with van der Waals surface area (Å²) in [6.45, 7) is 46.6. The van der Waals surface area contributed by atoms with Crippen molar-refractivity contribution in [3.05, 3.63) is 309 Å². The van der Waals surface area contributed by atoms with E-state index >= 15 is 0 Å². The predicted octanol–water partition coefficient (Wildman–Crippen LogP) is 25.1. The summed E-state index contributed by atoms with van der Waals surface area (Å²) in [5.41, 5.74) is 30.3. The Morgan fingerprint density at radius 2 is 1.27 bits per heavy atom. The fourth-order valence-electron chi connectivity index (χ4n) is 12.4. The van der Waals surface area contributed by atoms with Crippen molar-refractivity contribution >= 4 is 33.1 Å². The topological polar surface area (TPSA) is 0 Å². The fraction of sp³-hybridized carbons (Fsp3) is 0.295. The van der Waals surface area contributed by atoms with Crippen LogP contribution in [0.4, 0.5) is 0 Å². The number of aryl methyl sites for hydroxylation is 6. The summed E-state index contributed by atoms with van der Waals surface area (Å²) in [5.74, 6) is 3.64. The Balaban J connectivity index is 0.000000204. The molecule has 3 aliphatic rings. The van der Waals surface area contributed by atoms with Crippen molar-refractivity contribution in [3.8, 4) is 23.5 Å². The third kappa shape index (κ3) is 17.3. The van der Waals surface area contributed by atoms with Gasteiger partial charge in [-0.2, -0.15) is 0 Å². The van der Waals surface area contributed by atoms with Gasteiger partial charge in [0.1, 0.15) is 0 Å². The number of allylic oxidation sites excluding steroid dienone is 17. The molecule has 0 amide bonds. The average Bonchev–Trinajstić information content (AvgIpc) is 1.59. The normalized spacial score (nSPS) is 14.4. The molecule has 0 N–H and O–H groups in total. The second kappa shape index (κ2) is 32.1. The first-order chi connectivity index (χ1) is 42.2. The minimum absolute atomic E-state index is 0.0304. The molecule has 10 rings (SSSR count). The van der Waals surface area contributed by atoms with Crippen LogP contribution >= 0.6 is 0 Å². The number of benzene rings is 7. The molecule has 0 bridgehead atoms. The Hall–Kier alpha value is -8.24. The van der Waals surface area contributed by atoms with Gasteiger partial charge in [-0.05, 0) is 228 Å². The summed E-state index contributed by atoms with van der Waals surface area (Å²) in [6, 6.07) is 47.2. The molecule has 0 saturated heterocycles. The fourth-order valence-corrected chi connectivity index (χ4v) is 12.4. The third-order valence-corrected chi connectivity index (χ3v) is 17.0. The van der Waals surface area contributed by atoms with Gasteiger partial charge in [0.05, 0.1) is 0 Å². The molecule has 0 atom stereocenters. The minimum atomic E-state index is -0.0304. The molecule has 7 aromatic carbocycles. The van der Waals surface area contributed by atoms with Crippen LogP contribution in [0.3, 0.4) is 0 Å². The number of fused-ring (bicyclic) bond motifs is 5. The molecule has 0 unspecified atom stereocenters. The van der Waals surface area contributed by atoms with Gasteiger partial charge in [-0.1, -0.05) is 292 Å². The summed E-state index contributed by atoms with van der Waals surface area (Å²) in [4.78, 5) is 0. The molecular formula is C88H102. The molecule has 0 heterocycles. The van der Waals surface area contributed by atoms with E-state index in [1.165, 1.54) is 142 Å². The van der Waals surface area contributed by atoms with Gasteiger partial charge in [0.25, 0.3) is 0 Å². The van der Waals surface area contributed by atoms with Crippen molar-refractivity contribution in [1.82, 2.24) is 0 Å². The number of hydrogen-bond donors (Lipinski definition) is 0. The summed E-state index contributed by atoms with van der Waals surface area (Å²) >= 11 is 0. The largest absolute Gasteiger partial charge is 0.115 e. The van der Waals surface area contributed by atoms with E-state index in [-0.39, 0.29) is 10.8 Å². The Labute approximate surface area is 534 Å². The first kappa shape index (κ1) is 68.9. The molecule has 3 aliphatic carbocycles. The van der Waals surface area contributed by atoms with Crippen LogP contribution in [0, 0.1) is 59.8 Å². The molecule has 0 aromatic heterocycles. The van der Waals surface area contributed by atoms with Crippen molar-refractivity contribution in [2.75, 3.05) is 0 Å². The Morgan fingerprint density at radius 1 is 0.648 bits per heavy atom. The van der Waals surface area contributed by atoms with E-state index in [2.05, 4.69) is 279 Å². The highest BCUT2D eigenvalue weighted by molar-refractivity contribution is 6.04. The zero-order valence-electron chi connectivity index (χ0n) is 56.7. The Kier molecular flexibility index (Phi) is 25.1. The number of rotatable bonds is 14. The molecule has 7 aromatic rings. The van der Waals surface area contributed by atoms with Gasteiger partial charge in [-0.3, -0.25) is 0 Å². The van der Waals surface area contributed by atoms with E-state index in [4.69, 9.17) is 6.42 Å². The lowest BCUT2D eigenvalue weighted by molar-refractivity contribution is 0.590. The lowest BCUT2D eigenvalue weighted by atomic mass is 9.80. The monoisotopic (exact) mass is 1160 g/mol. The predicted molar refractivity (Wildman–Crippen MR) is 393 cm³/mol. The van der Waals surface area contributed by atoms with Crippen LogP contribution in [0.5, 0.6) is 0 Å². The van der Waals surface area contributed by atoms with Crippen molar-refractivity contribution in [2.24, 2.45) is 5.92 Å². The van der Waals surface area contributed by atoms with Crippen molar-refractivity contribution in [3.63, 3.8) is 0 Å². The summed E-state index contributed by atoms with van der Waals surface area (Å²) in [6.07, 6.45) is 37.0. The van der Waals surface area contributed by atoms with E-state index in [1.807, 2.05) is 52.0 Å². The van der Waals surface area contributed by atoms with E-state index in [1.54, 1.807) is 5.57 Å². The van der Waals surface area contributed by atoms with Crippen LogP contribution in [0.15, 0.2) is 225 Å². The molecule has 1 saturated carbocycles. The van der Waals surface area contributed by atoms with E-state index < -0.39 is 0 Å². The second-order valence-electron chi connectivity index (χ2n) is 25.4. The van der Waals surface area contributed by atoms with Gasteiger partial charge >= 0.3 is 0 Å². The van der Waals surface area contributed by atoms with Gasteiger partial charge in [-0.25, -0.2) is 0 Å². The quantitative estimate of drug-likeness (QED) is 0.0752. The highest BCUT2D eigenvalue weighted by atomic mass is 14.4. The lowest BCUT2D eigenvalue weighted by Gasteiger charge is -2.23. The summed E-state index contributed by atoms with van der Waals surface area (Å²) < 4.78 is 0. The Bertz CT molecular complexity index is 3870. The standard InChI is InChI=1S/C37H34.C20H22.C18H24.C11H16.C2H6/c1-8-13-28(9-2)29(10-3)31-18-16-26(20-24(31)4)22-27-17-19-33-34(23-27)37(6,7)35-21-25(5)30-14-11-12-15-32(30)36(33)35;1-4-9-17(10-5-2)19-13-16(3)14-20(15-19)18-11-7-6-8-12-18;1-5-7-18(15-9-10-15)16(6-2)17-11-8-13(3)12-14(17)4;1-9-5-7-10(8-6-9)11(2,3)4;1-2/h2,8,10-21,23H,3,22H2,1,4-7H3;4-5,7,9-15H,1,6,8H2,2-3H3;6,8,11-12,15H,2,5,7,9-10H2,1,3-4H3;5-8H,1-4H3;1-2H3/b13-8-,29-28+;10-5-,17-9+;18-16-;;. The average molecular weight is 1160 g/mol. The molecule has 0 aliphatic heterocycles. The molecule has 0 heteroatoms. The van der Waals surface area contributed by atoms with E-state index in [9.17, 15) is 0 Å². The van der Waals surface area contributed by atoms with Gasteiger partial charge in [0.2, 0.25) is 0 Å². The first-order valence-corrected chi connectivity index (χ1v) is 32.4. The minimum Gasteiger partial charge on any atom is -0.115 e.